The lowest BCUT2D eigenvalue weighted by Crippen LogP contribution is -2.43. The van der Waals surface area contributed by atoms with Crippen molar-refractivity contribution in [3.63, 3.8) is 0 Å². The van der Waals surface area contributed by atoms with Gasteiger partial charge in [-0.25, -0.2) is 0 Å². The van der Waals surface area contributed by atoms with Crippen LogP contribution in [0.25, 0.3) is 11.8 Å². The summed E-state index contributed by atoms with van der Waals surface area (Å²) in [6.07, 6.45) is 2.37. The molecule has 0 aromatic heterocycles. The van der Waals surface area contributed by atoms with E-state index in [9.17, 15) is 0 Å². The van der Waals surface area contributed by atoms with Crippen LogP contribution in [-0.4, -0.2) is 43.0 Å². The zero-order chi connectivity index (χ0) is 14.9. The first-order valence-corrected chi connectivity index (χ1v) is 8.64. The van der Waals surface area contributed by atoms with Crippen molar-refractivity contribution in [3.8, 4) is 0 Å². The molecule has 0 radical (unpaired) electrons. The van der Waals surface area contributed by atoms with Crippen molar-refractivity contribution >= 4 is 23.5 Å². The molecule has 2 aliphatic heterocycles. The summed E-state index contributed by atoms with van der Waals surface area (Å²) in [5.41, 5.74) is 4.08. The van der Waals surface area contributed by atoms with Crippen LogP contribution in [-0.2, 0) is 0 Å². The Morgan fingerprint density at radius 3 is 2.32 bits per heavy atom. The van der Waals surface area contributed by atoms with Gasteiger partial charge in [0.25, 0.3) is 0 Å². The van der Waals surface area contributed by atoms with E-state index >= 15 is 0 Å². The molecular weight excluding hydrogens is 288 g/mol. The fourth-order valence-electron chi connectivity index (χ4n) is 3.11. The van der Waals surface area contributed by atoms with E-state index in [4.69, 9.17) is 0 Å². The van der Waals surface area contributed by atoms with Crippen molar-refractivity contribution in [1.29, 1.82) is 0 Å². The summed E-state index contributed by atoms with van der Waals surface area (Å²) in [5, 5.41) is 0. The summed E-state index contributed by atoms with van der Waals surface area (Å²) < 4.78 is 0. The number of hydrogen-bond donors (Lipinski definition) is 0. The highest BCUT2D eigenvalue weighted by atomic mass is 32.2. The molecule has 2 aromatic rings. The van der Waals surface area contributed by atoms with E-state index in [2.05, 4.69) is 71.5 Å². The van der Waals surface area contributed by atoms with Gasteiger partial charge < -0.3 is 9.80 Å². The first-order valence-electron chi connectivity index (χ1n) is 7.83. The Balaban J connectivity index is 1.82. The Hall–Kier alpha value is -1.71. The molecule has 4 rings (SSSR count). The Kier molecular flexibility index (Phi) is 3.68. The van der Waals surface area contributed by atoms with E-state index in [-0.39, 0.29) is 0 Å². The Morgan fingerprint density at radius 1 is 0.818 bits per heavy atom. The van der Waals surface area contributed by atoms with Gasteiger partial charge in [-0.2, -0.15) is 0 Å². The van der Waals surface area contributed by atoms with E-state index in [0.717, 1.165) is 26.2 Å². The second kappa shape index (κ2) is 5.82. The number of hydrogen-bond acceptors (Lipinski definition) is 3. The van der Waals surface area contributed by atoms with Crippen LogP contribution >= 0.6 is 11.8 Å². The van der Waals surface area contributed by atoms with Gasteiger partial charge in [0.1, 0.15) is 0 Å². The predicted octanol–water partition coefficient (Wildman–Crippen LogP) is 3.90. The molecule has 22 heavy (non-hydrogen) atoms. The maximum atomic E-state index is 2.54. The number of fused-ring (bicyclic) bond motifs is 2. The summed E-state index contributed by atoms with van der Waals surface area (Å²) in [7, 11) is 2.21. The minimum Gasteiger partial charge on any atom is -0.368 e. The fraction of sp³-hybridized carbons (Fsp3) is 0.263. The molecule has 3 heteroatoms. The monoisotopic (exact) mass is 308 g/mol. The maximum absolute atomic E-state index is 2.54. The minimum absolute atomic E-state index is 1.10. The van der Waals surface area contributed by atoms with Gasteiger partial charge in [0.15, 0.2) is 0 Å². The number of likely N-dealkylation sites (N-methyl/N-ethyl adjacent to an activating group) is 1. The van der Waals surface area contributed by atoms with Gasteiger partial charge in [-0.3, -0.25) is 0 Å². The lowest BCUT2D eigenvalue weighted by atomic mass is 10.1. The molecule has 0 aliphatic carbocycles. The molecule has 0 atom stereocenters. The lowest BCUT2D eigenvalue weighted by Gasteiger charge is -2.36. The Labute approximate surface area is 136 Å². The van der Waals surface area contributed by atoms with E-state index in [1.54, 1.807) is 0 Å². The van der Waals surface area contributed by atoms with Crippen LogP contribution in [0.3, 0.4) is 0 Å². The molecule has 0 amide bonds. The molecule has 2 aromatic carbocycles. The van der Waals surface area contributed by atoms with Crippen molar-refractivity contribution in [1.82, 2.24) is 9.80 Å². The quantitative estimate of drug-likeness (QED) is 0.789. The number of nitrogens with zero attached hydrogens (tertiary/aromatic N) is 2. The molecule has 112 valence electrons. The van der Waals surface area contributed by atoms with Crippen LogP contribution in [0, 0.1) is 0 Å². The molecule has 0 saturated carbocycles. The lowest BCUT2D eigenvalue weighted by molar-refractivity contribution is 0.207. The van der Waals surface area contributed by atoms with Crippen molar-refractivity contribution in [2.24, 2.45) is 0 Å². The molecule has 2 aliphatic rings. The first kappa shape index (κ1) is 13.9. The molecule has 0 bridgehead atoms. The topological polar surface area (TPSA) is 6.48 Å². The Morgan fingerprint density at radius 2 is 1.50 bits per heavy atom. The average Bonchev–Trinajstić information content (AvgIpc) is 2.72. The van der Waals surface area contributed by atoms with Crippen LogP contribution in [0.2, 0.25) is 0 Å². The fourth-order valence-corrected chi connectivity index (χ4v) is 4.17. The van der Waals surface area contributed by atoms with E-state index < -0.39 is 0 Å². The SMILES string of the molecule is CN1CCN(C2=Cc3ccccc3Sc3ccccc32)CC1. The van der Waals surface area contributed by atoms with Gasteiger partial charge >= 0.3 is 0 Å². The molecule has 1 saturated heterocycles. The molecular formula is C19H20N2S. The summed E-state index contributed by atoms with van der Waals surface area (Å²) >= 11 is 1.88. The van der Waals surface area contributed by atoms with Gasteiger partial charge in [0, 0.05) is 47.2 Å². The molecule has 0 N–H and O–H groups in total. The second-order valence-corrected chi connectivity index (χ2v) is 7.04. The number of piperazine rings is 1. The average molecular weight is 308 g/mol. The Bertz CT molecular complexity index is 715. The highest BCUT2D eigenvalue weighted by Crippen LogP contribution is 2.41. The summed E-state index contributed by atoms with van der Waals surface area (Å²) in [4.78, 5) is 7.65. The zero-order valence-corrected chi connectivity index (χ0v) is 13.6. The third-order valence-electron chi connectivity index (χ3n) is 4.44. The van der Waals surface area contributed by atoms with Gasteiger partial charge in [0.05, 0.1) is 0 Å². The van der Waals surface area contributed by atoms with E-state index in [0.29, 0.717) is 0 Å². The molecule has 2 heterocycles. The van der Waals surface area contributed by atoms with Crippen LogP contribution in [0.1, 0.15) is 11.1 Å². The minimum atomic E-state index is 1.10. The molecule has 2 nitrogen and oxygen atoms in total. The van der Waals surface area contributed by atoms with E-state index in [1.165, 1.54) is 26.6 Å². The number of rotatable bonds is 1. The summed E-state index contributed by atoms with van der Waals surface area (Å²) in [6.45, 7) is 4.47. The standard InChI is InChI=1S/C19H20N2S/c1-20-10-12-21(13-11-20)17-14-15-6-2-4-8-18(15)22-19-9-5-3-7-16(17)19/h2-9,14H,10-13H2,1H3. The van der Waals surface area contributed by atoms with Crippen LogP contribution in [0.15, 0.2) is 58.3 Å². The third kappa shape index (κ3) is 2.55. The van der Waals surface area contributed by atoms with Gasteiger partial charge in [-0.05, 0) is 30.8 Å². The third-order valence-corrected chi connectivity index (χ3v) is 5.61. The van der Waals surface area contributed by atoms with Crippen molar-refractivity contribution < 1.29 is 0 Å². The van der Waals surface area contributed by atoms with Crippen molar-refractivity contribution in [2.45, 2.75) is 9.79 Å². The van der Waals surface area contributed by atoms with Crippen molar-refractivity contribution in [2.75, 3.05) is 33.2 Å². The zero-order valence-electron chi connectivity index (χ0n) is 12.8. The summed E-state index contributed by atoms with van der Waals surface area (Å²) in [5.74, 6) is 0. The van der Waals surface area contributed by atoms with Crippen LogP contribution < -0.4 is 0 Å². The maximum Gasteiger partial charge on any atom is 0.0458 e. The van der Waals surface area contributed by atoms with Gasteiger partial charge in [-0.1, -0.05) is 48.2 Å². The first-order chi connectivity index (χ1) is 10.8. The van der Waals surface area contributed by atoms with Crippen LogP contribution in [0.4, 0.5) is 0 Å². The highest BCUT2D eigenvalue weighted by Gasteiger charge is 2.22. The molecule has 1 fully saturated rings. The van der Waals surface area contributed by atoms with Gasteiger partial charge in [0.2, 0.25) is 0 Å². The molecule has 0 spiro atoms. The highest BCUT2D eigenvalue weighted by molar-refractivity contribution is 7.99. The normalized spacial score (nSPS) is 18.2. The largest absolute Gasteiger partial charge is 0.368 e. The smallest absolute Gasteiger partial charge is 0.0458 e. The number of benzene rings is 2. The van der Waals surface area contributed by atoms with Gasteiger partial charge in [-0.15, -0.1) is 0 Å². The van der Waals surface area contributed by atoms with E-state index in [1.807, 2.05) is 11.8 Å². The molecule has 0 unspecified atom stereocenters. The summed E-state index contributed by atoms with van der Waals surface area (Å²) in [6, 6.07) is 17.5. The second-order valence-electron chi connectivity index (χ2n) is 5.96. The predicted molar refractivity (Wildman–Crippen MR) is 93.9 cm³/mol. The van der Waals surface area contributed by atoms with Crippen molar-refractivity contribution in [3.05, 3.63) is 59.7 Å². The van der Waals surface area contributed by atoms with Crippen LogP contribution in [0.5, 0.6) is 0 Å².